The van der Waals surface area contributed by atoms with Crippen molar-refractivity contribution in [2.24, 2.45) is 0 Å². The number of aryl methyl sites for hydroxylation is 1. The molecule has 0 aliphatic rings. The molecule has 0 saturated carbocycles. The Hall–Kier alpha value is -2.16. The minimum atomic E-state index is -0.807. The minimum Gasteiger partial charge on any atom is -0.617 e. The molecule has 0 fully saturated rings. The number of thiazole rings is 1. The van der Waals surface area contributed by atoms with Crippen LogP contribution in [-0.2, 0) is 11.3 Å². The van der Waals surface area contributed by atoms with E-state index in [2.05, 4.69) is 4.98 Å². The first-order valence-corrected chi connectivity index (χ1v) is 6.89. The van der Waals surface area contributed by atoms with Crippen molar-refractivity contribution in [3.05, 3.63) is 31.1 Å². The fraction of sp³-hybridized carbons (Fsp3) is 0.455. The number of H-pyrrole nitrogens is 1. The second-order valence-corrected chi connectivity index (χ2v) is 4.96. The number of hydrogen-bond acceptors (Lipinski definition) is 6. The predicted molar refractivity (Wildman–Crippen MR) is 71.9 cm³/mol. The van der Waals surface area contributed by atoms with Gasteiger partial charge in [-0.2, -0.15) is 0 Å². The second kappa shape index (κ2) is 5.45. The maximum atomic E-state index is 12.0. The quantitative estimate of drug-likeness (QED) is 0.484. The third kappa shape index (κ3) is 2.20. The number of rotatable bonds is 4. The molecule has 2 rings (SSSR count). The topological polar surface area (TPSA) is 108 Å². The highest BCUT2D eigenvalue weighted by Crippen LogP contribution is 2.17. The van der Waals surface area contributed by atoms with Gasteiger partial charge in [-0.05, 0) is 24.7 Å². The first-order chi connectivity index (χ1) is 9.51. The van der Waals surface area contributed by atoms with Gasteiger partial charge >= 0.3 is 27.7 Å². The van der Waals surface area contributed by atoms with E-state index in [1.165, 1.54) is 4.57 Å². The summed E-state index contributed by atoms with van der Waals surface area (Å²) in [6.07, 6.45) is 0.645. The van der Waals surface area contributed by atoms with Gasteiger partial charge in [0.2, 0.25) is 0 Å². The van der Waals surface area contributed by atoms with Gasteiger partial charge in [-0.3, -0.25) is 14.3 Å². The molecule has 0 amide bonds. The number of carbonyl (C=O) groups excluding carboxylic acids is 1. The van der Waals surface area contributed by atoms with Gasteiger partial charge in [-0.15, -0.1) is 4.73 Å². The average Bonchev–Trinajstić information content (AvgIpc) is 2.73. The van der Waals surface area contributed by atoms with Crippen LogP contribution in [0.15, 0.2) is 9.59 Å². The van der Waals surface area contributed by atoms with Crippen molar-refractivity contribution in [2.45, 2.75) is 26.8 Å². The Morgan fingerprint density at radius 2 is 2.15 bits per heavy atom. The average molecular weight is 299 g/mol. The van der Waals surface area contributed by atoms with Crippen LogP contribution in [0.3, 0.4) is 0 Å². The van der Waals surface area contributed by atoms with E-state index in [1.807, 2.05) is 6.92 Å². The molecule has 0 unspecified atom stereocenters. The molecule has 2 heterocycles. The maximum Gasteiger partial charge on any atom is 0.416 e. The number of nitrogens with one attached hydrogen (secondary N) is 1. The van der Waals surface area contributed by atoms with Gasteiger partial charge in [0.05, 0.1) is 6.61 Å². The van der Waals surface area contributed by atoms with Crippen LogP contribution < -0.4 is 16.0 Å². The van der Waals surface area contributed by atoms with Crippen LogP contribution in [-0.4, -0.2) is 22.1 Å². The van der Waals surface area contributed by atoms with Crippen LogP contribution in [0.25, 0.3) is 10.3 Å². The summed E-state index contributed by atoms with van der Waals surface area (Å²) in [5.41, 5.74) is -1.65. The Balaban J connectivity index is 2.78. The molecule has 0 aliphatic heterocycles. The number of nitrogens with zero attached hydrogens (tertiary/aromatic N) is 2. The lowest BCUT2D eigenvalue weighted by atomic mass is 10.4. The Labute approximate surface area is 116 Å². The number of aromatic nitrogens is 3. The number of hydrogen-bond donors (Lipinski definition) is 1. The summed E-state index contributed by atoms with van der Waals surface area (Å²) < 4.78 is 6.26. The number of ether oxygens (including phenoxy) is 1. The molecule has 20 heavy (non-hydrogen) atoms. The molecule has 0 bridgehead atoms. The smallest absolute Gasteiger partial charge is 0.416 e. The zero-order chi connectivity index (χ0) is 14.9. The van der Waals surface area contributed by atoms with Crippen molar-refractivity contribution >= 4 is 27.7 Å². The molecule has 0 aliphatic carbocycles. The lowest BCUT2D eigenvalue weighted by molar-refractivity contribution is -0.575. The Kier molecular flexibility index (Phi) is 3.89. The van der Waals surface area contributed by atoms with Gasteiger partial charge in [-0.1, -0.05) is 6.92 Å². The Morgan fingerprint density at radius 1 is 1.45 bits per heavy atom. The zero-order valence-electron chi connectivity index (χ0n) is 11.0. The molecule has 0 radical (unpaired) electrons. The number of carbonyl (C=O) groups is 1. The third-order valence-corrected chi connectivity index (χ3v) is 3.74. The van der Waals surface area contributed by atoms with E-state index in [1.54, 1.807) is 6.92 Å². The molecule has 0 spiro atoms. The van der Waals surface area contributed by atoms with Crippen LogP contribution in [0.1, 0.15) is 30.1 Å². The highest BCUT2D eigenvalue weighted by molar-refractivity contribution is 7.19. The molecule has 0 aromatic carbocycles. The summed E-state index contributed by atoms with van der Waals surface area (Å²) in [6.45, 7) is 3.93. The number of aromatic amines is 1. The van der Waals surface area contributed by atoms with Gasteiger partial charge in [0.1, 0.15) is 0 Å². The predicted octanol–water partition coefficient (Wildman–Crippen LogP) is -0.0286. The minimum absolute atomic E-state index is 0.116. The van der Waals surface area contributed by atoms with Crippen molar-refractivity contribution in [2.75, 3.05) is 6.61 Å². The summed E-state index contributed by atoms with van der Waals surface area (Å²) in [5, 5.41) is 11.8. The molecule has 0 atom stereocenters. The van der Waals surface area contributed by atoms with Crippen LogP contribution in [0.2, 0.25) is 0 Å². The van der Waals surface area contributed by atoms with Crippen LogP contribution in [0.5, 0.6) is 0 Å². The molecular formula is C11H13N3O5S. The highest BCUT2D eigenvalue weighted by Gasteiger charge is 2.29. The van der Waals surface area contributed by atoms with Gasteiger partial charge in [0.25, 0.3) is 0 Å². The fourth-order valence-corrected chi connectivity index (χ4v) is 2.86. The van der Waals surface area contributed by atoms with E-state index in [0.29, 0.717) is 13.0 Å². The van der Waals surface area contributed by atoms with Gasteiger partial charge in [0, 0.05) is 6.54 Å². The Morgan fingerprint density at radius 3 is 2.75 bits per heavy atom. The molecule has 2 aromatic heterocycles. The molecular weight excluding hydrogens is 286 g/mol. The molecule has 0 saturated heterocycles. The molecule has 9 heteroatoms. The van der Waals surface area contributed by atoms with E-state index >= 15 is 0 Å². The van der Waals surface area contributed by atoms with E-state index in [-0.39, 0.29) is 26.7 Å². The van der Waals surface area contributed by atoms with Crippen molar-refractivity contribution < 1.29 is 14.3 Å². The SMILES string of the molecule is CCCn1c(=O)[nH]c(=O)c2c1sc(C(=O)OCC)[n+]2[O-]. The van der Waals surface area contributed by atoms with Crippen molar-refractivity contribution in [3.8, 4) is 0 Å². The van der Waals surface area contributed by atoms with Crippen molar-refractivity contribution in [3.63, 3.8) is 0 Å². The van der Waals surface area contributed by atoms with E-state index in [0.717, 1.165) is 11.3 Å². The molecule has 1 N–H and O–H groups in total. The number of fused-ring (bicyclic) bond motifs is 1. The first kappa shape index (κ1) is 14.3. The zero-order valence-corrected chi connectivity index (χ0v) is 11.8. The van der Waals surface area contributed by atoms with Crippen molar-refractivity contribution in [1.82, 2.24) is 9.55 Å². The van der Waals surface area contributed by atoms with Crippen LogP contribution in [0, 0.1) is 5.21 Å². The number of esters is 1. The third-order valence-electron chi connectivity index (χ3n) is 2.61. The summed E-state index contributed by atoms with van der Waals surface area (Å²) in [5.74, 6) is -0.807. The fourth-order valence-electron chi connectivity index (χ4n) is 1.80. The maximum absolute atomic E-state index is 12.0. The summed E-state index contributed by atoms with van der Waals surface area (Å²) in [7, 11) is 0. The first-order valence-electron chi connectivity index (χ1n) is 6.07. The summed E-state index contributed by atoms with van der Waals surface area (Å²) in [4.78, 5) is 37.4. The standard InChI is InChI=1S/C11H13N3O5S/c1-3-5-13-8-6(7(15)12-11(13)17)14(18)9(20-8)10(16)19-4-2/h3-5H2,1-2H3,(H,12,15,17). The monoisotopic (exact) mass is 299 g/mol. The van der Waals surface area contributed by atoms with E-state index < -0.39 is 17.2 Å². The van der Waals surface area contributed by atoms with E-state index in [9.17, 15) is 19.6 Å². The molecule has 8 nitrogen and oxygen atoms in total. The van der Waals surface area contributed by atoms with E-state index in [4.69, 9.17) is 4.74 Å². The van der Waals surface area contributed by atoms with Gasteiger partial charge in [-0.25, -0.2) is 9.59 Å². The lowest BCUT2D eigenvalue weighted by Gasteiger charge is -2.01. The normalized spacial score (nSPS) is 10.9. The van der Waals surface area contributed by atoms with Gasteiger partial charge in [0.15, 0.2) is 4.83 Å². The van der Waals surface area contributed by atoms with Crippen LogP contribution in [0.4, 0.5) is 0 Å². The van der Waals surface area contributed by atoms with Crippen LogP contribution >= 0.6 is 11.3 Å². The highest BCUT2D eigenvalue weighted by atomic mass is 32.1. The molecule has 108 valence electrons. The lowest BCUT2D eigenvalue weighted by Crippen LogP contribution is -2.39. The largest absolute Gasteiger partial charge is 0.617 e. The molecule has 2 aromatic rings. The summed E-state index contributed by atoms with van der Waals surface area (Å²) >= 11 is 0.786. The second-order valence-electron chi connectivity index (χ2n) is 3.99. The van der Waals surface area contributed by atoms with Gasteiger partial charge < -0.3 is 9.94 Å². The Bertz CT molecular complexity index is 773. The van der Waals surface area contributed by atoms with Crippen molar-refractivity contribution in [1.29, 1.82) is 0 Å². The summed E-state index contributed by atoms with van der Waals surface area (Å²) in [6, 6.07) is 0.